The van der Waals surface area contributed by atoms with Gasteiger partial charge < -0.3 is 10.4 Å². The minimum atomic E-state index is -0.386. The Morgan fingerprint density at radius 2 is 1.85 bits per heavy atom. The van der Waals surface area contributed by atoms with Gasteiger partial charge in [0.15, 0.2) is 0 Å². The van der Waals surface area contributed by atoms with Crippen molar-refractivity contribution in [3.8, 4) is 16.3 Å². The van der Waals surface area contributed by atoms with Crippen LogP contribution in [0.4, 0.5) is 5.69 Å². The SMILES string of the molecule is O=C(Nc1ccc(O)c(-c2nc3ccccc3s2)c1)c1cc(Cl)ccc1Cl. The Balaban J connectivity index is 1.68. The molecule has 0 aliphatic rings. The van der Waals surface area contributed by atoms with E-state index >= 15 is 0 Å². The number of nitrogens with one attached hydrogen (secondary N) is 1. The lowest BCUT2D eigenvalue weighted by atomic mass is 10.1. The summed E-state index contributed by atoms with van der Waals surface area (Å²) in [5.74, 6) is -0.295. The van der Waals surface area contributed by atoms with Crippen molar-refractivity contribution in [2.45, 2.75) is 0 Å². The number of fused-ring (bicyclic) bond motifs is 1. The number of aromatic nitrogens is 1. The molecule has 0 unspecified atom stereocenters. The van der Waals surface area contributed by atoms with E-state index in [0.29, 0.717) is 26.3 Å². The lowest BCUT2D eigenvalue weighted by Gasteiger charge is -2.09. The van der Waals surface area contributed by atoms with E-state index in [9.17, 15) is 9.90 Å². The van der Waals surface area contributed by atoms with Gasteiger partial charge in [-0.3, -0.25) is 4.79 Å². The van der Waals surface area contributed by atoms with Gasteiger partial charge in [0, 0.05) is 10.7 Å². The molecule has 3 aromatic carbocycles. The van der Waals surface area contributed by atoms with Crippen LogP contribution in [0.3, 0.4) is 0 Å². The summed E-state index contributed by atoms with van der Waals surface area (Å²) in [7, 11) is 0. The molecule has 2 N–H and O–H groups in total. The van der Waals surface area contributed by atoms with Crippen LogP contribution >= 0.6 is 34.5 Å². The fourth-order valence-corrected chi connectivity index (χ4v) is 4.01. The minimum Gasteiger partial charge on any atom is -0.507 e. The maximum Gasteiger partial charge on any atom is 0.257 e. The number of amides is 1. The number of nitrogens with zero attached hydrogens (tertiary/aromatic N) is 1. The second kappa shape index (κ2) is 7.19. The zero-order valence-corrected chi connectivity index (χ0v) is 16.1. The smallest absolute Gasteiger partial charge is 0.257 e. The number of halogens is 2. The number of thiazole rings is 1. The molecule has 27 heavy (non-hydrogen) atoms. The van der Waals surface area contributed by atoms with Crippen molar-refractivity contribution in [3.63, 3.8) is 0 Å². The van der Waals surface area contributed by atoms with Crippen molar-refractivity contribution in [3.05, 3.63) is 76.3 Å². The molecule has 0 saturated heterocycles. The molecule has 0 aliphatic heterocycles. The molecule has 0 atom stereocenters. The first-order chi connectivity index (χ1) is 13.0. The van der Waals surface area contributed by atoms with Crippen molar-refractivity contribution in [2.24, 2.45) is 0 Å². The van der Waals surface area contributed by atoms with Gasteiger partial charge in [0.2, 0.25) is 0 Å². The van der Waals surface area contributed by atoms with E-state index in [-0.39, 0.29) is 17.2 Å². The van der Waals surface area contributed by atoms with Gasteiger partial charge >= 0.3 is 0 Å². The lowest BCUT2D eigenvalue weighted by molar-refractivity contribution is 0.102. The summed E-state index contributed by atoms with van der Waals surface area (Å²) in [6.07, 6.45) is 0. The Morgan fingerprint density at radius 1 is 1.04 bits per heavy atom. The molecule has 1 amide bonds. The van der Waals surface area contributed by atoms with Crippen LogP contribution in [0.15, 0.2) is 60.7 Å². The highest BCUT2D eigenvalue weighted by molar-refractivity contribution is 7.21. The van der Waals surface area contributed by atoms with Crippen LogP contribution < -0.4 is 5.32 Å². The van der Waals surface area contributed by atoms with Gasteiger partial charge in [-0.25, -0.2) is 4.98 Å². The number of rotatable bonds is 3. The number of anilines is 1. The van der Waals surface area contributed by atoms with E-state index in [2.05, 4.69) is 10.3 Å². The molecule has 1 heterocycles. The van der Waals surface area contributed by atoms with Crippen LogP contribution in [0.2, 0.25) is 10.0 Å². The van der Waals surface area contributed by atoms with Crippen LogP contribution in [0.25, 0.3) is 20.8 Å². The van der Waals surface area contributed by atoms with Crippen molar-refractivity contribution < 1.29 is 9.90 Å². The Kier molecular flexibility index (Phi) is 4.74. The number of para-hydroxylation sites is 1. The largest absolute Gasteiger partial charge is 0.507 e. The average Bonchev–Trinajstić information content (AvgIpc) is 3.09. The molecule has 7 heteroatoms. The molecule has 0 saturated carbocycles. The minimum absolute atomic E-state index is 0.0906. The molecule has 0 bridgehead atoms. The number of carbonyl (C=O) groups is 1. The van der Waals surface area contributed by atoms with Crippen LogP contribution in [-0.4, -0.2) is 16.0 Å². The van der Waals surface area contributed by atoms with Gasteiger partial charge in [0.1, 0.15) is 10.8 Å². The second-order valence-electron chi connectivity index (χ2n) is 5.80. The predicted octanol–water partition coefficient (Wildman–Crippen LogP) is 6.23. The summed E-state index contributed by atoms with van der Waals surface area (Å²) in [5, 5.41) is 14.4. The van der Waals surface area contributed by atoms with Gasteiger partial charge in [-0.05, 0) is 48.5 Å². The van der Waals surface area contributed by atoms with E-state index in [1.165, 1.54) is 23.5 Å². The first-order valence-electron chi connectivity index (χ1n) is 7.96. The molecule has 4 nitrogen and oxygen atoms in total. The van der Waals surface area contributed by atoms with E-state index in [4.69, 9.17) is 23.2 Å². The number of hydrogen-bond donors (Lipinski definition) is 2. The third-order valence-electron chi connectivity index (χ3n) is 3.95. The highest BCUT2D eigenvalue weighted by atomic mass is 35.5. The van der Waals surface area contributed by atoms with Gasteiger partial charge in [0.05, 0.1) is 26.4 Å². The predicted molar refractivity (Wildman–Crippen MR) is 111 cm³/mol. The topological polar surface area (TPSA) is 62.2 Å². The Hall–Kier alpha value is -2.60. The summed E-state index contributed by atoms with van der Waals surface area (Å²) in [6, 6.07) is 17.3. The number of carbonyl (C=O) groups excluding carboxylic acids is 1. The van der Waals surface area contributed by atoms with E-state index < -0.39 is 0 Å². The number of phenolic OH excluding ortho intramolecular Hbond substituents is 1. The molecule has 4 rings (SSSR count). The van der Waals surface area contributed by atoms with Crippen LogP contribution in [0.5, 0.6) is 5.75 Å². The number of aromatic hydroxyl groups is 1. The molecule has 134 valence electrons. The first kappa shape index (κ1) is 17.8. The fraction of sp³-hybridized carbons (Fsp3) is 0. The maximum atomic E-state index is 12.5. The average molecular weight is 415 g/mol. The van der Waals surface area contributed by atoms with Gasteiger partial charge in [-0.15, -0.1) is 11.3 Å². The summed E-state index contributed by atoms with van der Waals surface area (Å²) >= 11 is 13.5. The van der Waals surface area contributed by atoms with Crippen LogP contribution in [0.1, 0.15) is 10.4 Å². The molecule has 0 fully saturated rings. The summed E-state index contributed by atoms with van der Waals surface area (Å²) in [6.45, 7) is 0. The number of benzene rings is 3. The molecule has 1 aromatic heterocycles. The normalized spacial score (nSPS) is 10.9. The van der Waals surface area contributed by atoms with Crippen molar-refractivity contribution >= 4 is 56.3 Å². The third-order valence-corrected chi connectivity index (χ3v) is 5.59. The summed E-state index contributed by atoms with van der Waals surface area (Å²) in [5.41, 5.74) is 2.20. The highest BCUT2D eigenvalue weighted by Crippen LogP contribution is 2.37. The van der Waals surface area contributed by atoms with Gasteiger partial charge in [-0.1, -0.05) is 35.3 Å². The maximum absolute atomic E-state index is 12.5. The highest BCUT2D eigenvalue weighted by Gasteiger charge is 2.15. The quantitative estimate of drug-likeness (QED) is 0.390. The molecule has 0 radical (unpaired) electrons. The monoisotopic (exact) mass is 414 g/mol. The molecule has 4 aromatic rings. The van der Waals surface area contributed by atoms with E-state index in [1.807, 2.05) is 24.3 Å². The first-order valence-corrected chi connectivity index (χ1v) is 9.54. The second-order valence-corrected chi connectivity index (χ2v) is 7.67. The van der Waals surface area contributed by atoms with E-state index in [0.717, 1.165) is 10.2 Å². The standard InChI is InChI=1S/C20H12Cl2N2O2S/c21-11-5-7-15(22)13(9-11)19(26)23-12-6-8-17(25)14(10-12)20-24-16-3-1-2-4-18(16)27-20/h1-10,25H,(H,23,26). The Bertz CT molecular complexity index is 1140. The molecular formula is C20H12Cl2N2O2S. The Morgan fingerprint density at radius 3 is 2.67 bits per heavy atom. The molecular weight excluding hydrogens is 403 g/mol. The van der Waals surface area contributed by atoms with E-state index in [1.54, 1.807) is 24.3 Å². The van der Waals surface area contributed by atoms with Crippen molar-refractivity contribution in [2.75, 3.05) is 5.32 Å². The Labute approximate surface area is 169 Å². The third kappa shape index (κ3) is 3.62. The zero-order valence-electron chi connectivity index (χ0n) is 13.7. The van der Waals surface area contributed by atoms with Gasteiger partial charge in [0.25, 0.3) is 5.91 Å². The molecule has 0 spiro atoms. The van der Waals surface area contributed by atoms with Gasteiger partial charge in [-0.2, -0.15) is 0 Å². The van der Waals surface area contributed by atoms with Crippen molar-refractivity contribution in [1.82, 2.24) is 4.98 Å². The number of phenols is 1. The zero-order chi connectivity index (χ0) is 19.0. The number of hydrogen-bond acceptors (Lipinski definition) is 4. The lowest BCUT2D eigenvalue weighted by Crippen LogP contribution is -2.12. The van der Waals surface area contributed by atoms with Crippen molar-refractivity contribution in [1.29, 1.82) is 0 Å². The summed E-state index contributed by atoms with van der Waals surface area (Å²) < 4.78 is 1.02. The molecule has 0 aliphatic carbocycles. The fourth-order valence-electron chi connectivity index (χ4n) is 2.64. The summed E-state index contributed by atoms with van der Waals surface area (Å²) in [4.78, 5) is 17.1. The van der Waals surface area contributed by atoms with Crippen LogP contribution in [-0.2, 0) is 0 Å². The van der Waals surface area contributed by atoms with Crippen LogP contribution in [0, 0.1) is 0 Å².